The van der Waals surface area contributed by atoms with Crippen LogP contribution in [0.2, 0.25) is 0 Å². The molecule has 0 aliphatic heterocycles. The number of benzene rings is 3. The van der Waals surface area contributed by atoms with Gasteiger partial charge in [-0.1, -0.05) is 64.9 Å². The molecule has 0 fully saturated rings. The Hall–Kier alpha value is -4.59. The molecule has 3 aromatic carbocycles. The molecule has 0 radical (unpaired) electrons. The lowest BCUT2D eigenvalue weighted by atomic mass is 10.0. The molecule has 0 saturated heterocycles. The average molecular weight is 487 g/mol. The van der Waals surface area contributed by atoms with E-state index in [0.29, 0.717) is 40.8 Å². The van der Waals surface area contributed by atoms with Crippen molar-refractivity contribution < 1.29 is 28.7 Å². The van der Waals surface area contributed by atoms with Gasteiger partial charge in [0.05, 0.1) is 5.69 Å². The summed E-state index contributed by atoms with van der Waals surface area (Å²) in [6, 6.07) is 24.8. The second-order valence-electron chi connectivity index (χ2n) is 7.97. The Bertz CT molecular complexity index is 1310. The van der Waals surface area contributed by atoms with Gasteiger partial charge in [-0.05, 0) is 42.3 Å². The van der Waals surface area contributed by atoms with Crippen LogP contribution in [0.15, 0.2) is 88.5 Å². The Balaban J connectivity index is 1.33. The first kappa shape index (κ1) is 24.5. The van der Waals surface area contributed by atoms with E-state index in [9.17, 15) is 4.79 Å². The fourth-order valence-electron chi connectivity index (χ4n) is 3.67. The Morgan fingerprint density at radius 3 is 2.28 bits per heavy atom. The van der Waals surface area contributed by atoms with Crippen molar-refractivity contribution >= 4 is 11.7 Å². The van der Waals surface area contributed by atoms with Gasteiger partial charge in [0.1, 0.15) is 44.0 Å². The summed E-state index contributed by atoms with van der Waals surface area (Å²) in [6.45, 7) is 2.45. The van der Waals surface area contributed by atoms with Crippen LogP contribution in [0, 0.1) is 6.92 Å². The lowest BCUT2D eigenvalue weighted by Gasteiger charge is -2.10. The largest absolute Gasteiger partial charge is 0.489 e. The van der Waals surface area contributed by atoms with Crippen LogP contribution in [0.1, 0.15) is 22.6 Å². The van der Waals surface area contributed by atoms with Gasteiger partial charge in [0.15, 0.2) is 5.76 Å². The minimum absolute atomic E-state index is 0.221. The van der Waals surface area contributed by atoms with E-state index in [4.69, 9.17) is 23.9 Å². The molecule has 36 heavy (non-hydrogen) atoms. The van der Waals surface area contributed by atoms with Crippen molar-refractivity contribution in [1.82, 2.24) is 5.16 Å². The number of hydrogen-bond donors (Lipinski definition) is 1. The zero-order valence-corrected chi connectivity index (χ0v) is 20.0. The summed E-state index contributed by atoms with van der Waals surface area (Å²) in [6.07, 6.45) is -0.221. The predicted molar refractivity (Wildman–Crippen MR) is 134 cm³/mol. The Labute approximate surface area is 208 Å². The van der Waals surface area contributed by atoms with E-state index in [2.05, 4.69) is 10.3 Å². The van der Waals surface area contributed by atoms with Crippen molar-refractivity contribution in [2.45, 2.75) is 20.0 Å². The molecule has 8 heteroatoms. The standard InChI is InChI=1S/C28H26N2O6/c1-19-28(26(36-29-19)16-27(31)32)22-10-14-24(15-11-22)34-17-20-8-12-23(13-9-20)35-18-25(30-33-2)21-6-4-3-5-7-21/h3-15H,16-18H2,1-2H3,(H,31,32)/b30-25-. The number of rotatable bonds is 11. The third-order valence-corrected chi connectivity index (χ3v) is 5.40. The molecule has 0 spiro atoms. The van der Waals surface area contributed by atoms with Gasteiger partial charge in [-0.2, -0.15) is 0 Å². The van der Waals surface area contributed by atoms with E-state index in [0.717, 1.165) is 16.7 Å². The molecular weight excluding hydrogens is 460 g/mol. The first-order chi connectivity index (χ1) is 17.5. The number of carboxylic acid groups (broad SMARTS) is 1. The highest BCUT2D eigenvalue weighted by molar-refractivity contribution is 6.01. The Morgan fingerprint density at radius 2 is 1.61 bits per heavy atom. The zero-order valence-electron chi connectivity index (χ0n) is 20.0. The fourth-order valence-corrected chi connectivity index (χ4v) is 3.67. The summed E-state index contributed by atoms with van der Waals surface area (Å²) in [4.78, 5) is 16.0. The van der Waals surface area contributed by atoms with Crippen LogP contribution in [0.4, 0.5) is 0 Å². The van der Waals surface area contributed by atoms with Crippen molar-refractivity contribution in [3.63, 3.8) is 0 Å². The topological polar surface area (TPSA) is 103 Å². The highest BCUT2D eigenvalue weighted by Crippen LogP contribution is 2.29. The molecule has 1 N–H and O–H groups in total. The van der Waals surface area contributed by atoms with Gasteiger partial charge < -0.3 is 23.9 Å². The second kappa shape index (κ2) is 11.7. The van der Waals surface area contributed by atoms with E-state index in [1.165, 1.54) is 7.11 Å². The number of hydrogen-bond acceptors (Lipinski definition) is 7. The van der Waals surface area contributed by atoms with E-state index in [1.54, 1.807) is 6.92 Å². The van der Waals surface area contributed by atoms with Crippen LogP contribution in [0.3, 0.4) is 0 Å². The molecule has 1 aromatic heterocycles. The highest BCUT2D eigenvalue weighted by atomic mass is 16.6. The van der Waals surface area contributed by atoms with Gasteiger partial charge >= 0.3 is 5.97 Å². The number of nitrogens with zero attached hydrogens (tertiary/aromatic N) is 2. The molecule has 0 saturated carbocycles. The van der Waals surface area contributed by atoms with Gasteiger partial charge in [-0.15, -0.1) is 0 Å². The Kier molecular flexibility index (Phi) is 7.97. The van der Waals surface area contributed by atoms with E-state index in [-0.39, 0.29) is 13.0 Å². The molecule has 184 valence electrons. The number of aromatic nitrogens is 1. The first-order valence-corrected chi connectivity index (χ1v) is 11.3. The van der Waals surface area contributed by atoms with Crippen molar-refractivity contribution in [2.75, 3.05) is 13.7 Å². The average Bonchev–Trinajstić information content (AvgIpc) is 3.25. The van der Waals surface area contributed by atoms with Crippen molar-refractivity contribution in [3.8, 4) is 22.6 Å². The maximum Gasteiger partial charge on any atom is 0.311 e. The summed E-state index contributed by atoms with van der Waals surface area (Å²) in [5.74, 6) is 0.768. The monoisotopic (exact) mass is 486 g/mol. The van der Waals surface area contributed by atoms with Crippen LogP contribution >= 0.6 is 0 Å². The number of oxime groups is 1. The lowest BCUT2D eigenvalue weighted by Crippen LogP contribution is -2.13. The third kappa shape index (κ3) is 6.29. The fraction of sp³-hybridized carbons (Fsp3) is 0.179. The SMILES string of the molecule is CO/N=C(/COc1ccc(COc2ccc(-c3c(C)noc3CC(=O)O)cc2)cc1)c1ccccc1. The number of ether oxygens (including phenoxy) is 2. The molecule has 1 heterocycles. The first-order valence-electron chi connectivity index (χ1n) is 11.3. The minimum Gasteiger partial charge on any atom is -0.489 e. The summed E-state index contributed by atoms with van der Waals surface area (Å²) in [7, 11) is 1.51. The van der Waals surface area contributed by atoms with Crippen LogP contribution in [-0.2, 0) is 22.7 Å². The molecular formula is C28H26N2O6. The van der Waals surface area contributed by atoms with Crippen LogP contribution in [0.25, 0.3) is 11.1 Å². The van der Waals surface area contributed by atoms with Gasteiger partial charge in [-0.3, -0.25) is 4.79 Å². The number of carboxylic acids is 1. The van der Waals surface area contributed by atoms with E-state index >= 15 is 0 Å². The van der Waals surface area contributed by atoms with E-state index < -0.39 is 5.97 Å². The van der Waals surface area contributed by atoms with Crippen LogP contribution in [0.5, 0.6) is 11.5 Å². The number of aliphatic carboxylic acids is 1. The summed E-state index contributed by atoms with van der Waals surface area (Å²) >= 11 is 0. The van der Waals surface area contributed by atoms with Gasteiger partial charge in [0.2, 0.25) is 0 Å². The maximum atomic E-state index is 11.1. The smallest absolute Gasteiger partial charge is 0.311 e. The summed E-state index contributed by atoms with van der Waals surface area (Å²) in [5, 5.41) is 17.1. The zero-order chi connectivity index (χ0) is 25.3. The predicted octanol–water partition coefficient (Wildman–Crippen LogP) is 5.29. The van der Waals surface area contributed by atoms with Crippen LogP contribution in [-0.4, -0.2) is 35.7 Å². The molecule has 0 amide bonds. The van der Waals surface area contributed by atoms with Crippen molar-refractivity contribution in [3.05, 3.63) is 101 Å². The normalized spacial score (nSPS) is 11.2. The van der Waals surface area contributed by atoms with Crippen LogP contribution < -0.4 is 9.47 Å². The second-order valence-corrected chi connectivity index (χ2v) is 7.97. The van der Waals surface area contributed by atoms with Gasteiger partial charge in [-0.25, -0.2) is 0 Å². The molecule has 4 rings (SSSR count). The minimum atomic E-state index is -0.969. The highest BCUT2D eigenvalue weighted by Gasteiger charge is 2.17. The van der Waals surface area contributed by atoms with Crippen molar-refractivity contribution in [2.24, 2.45) is 5.16 Å². The summed E-state index contributed by atoms with van der Waals surface area (Å²) in [5.41, 5.74) is 4.79. The van der Waals surface area contributed by atoms with E-state index in [1.807, 2.05) is 78.9 Å². The van der Waals surface area contributed by atoms with Gasteiger partial charge in [0, 0.05) is 11.1 Å². The molecule has 8 nitrogen and oxygen atoms in total. The molecule has 0 atom stereocenters. The molecule has 0 aliphatic rings. The quantitative estimate of drug-likeness (QED) is 0.227. The number of carbonyl (C=O) groups is 1. The maximum absolute atomic E-state index is 11.1. The number of aryl methyl sites for hydroxylation is 1. The Morgan fingerprint density at radius 1 is 0.944 bits per heavy atom. The van der Waals surface area contributed by atoms with Gasteiger partial charge in [0.25, 0.3) is 0 Å². The lowest BCUT2D eigenvalue weighted by molar-refractivity contribution is -0.136. The molecule has 0 aliphatic carbocycles. The molecule has 4 aromatic rings. The molecule has 0 bridgehead atoms. The third-order valence-electron chi connectivity index (χ3n) is 5.40. The van der Waals surface area contributed by atoms with Crippen molar-refractivity contribution in [1.29, 1.82) is 0 Å². The summed E-state index contributed by atoms with van der Waals surface area (Å²) < 4.78 is 17.0. The molecule has 0 unspecified atom stereocenters.